The Labute approximate surface area is 760 Å². The molecule has 1 atom stereocenters. The van der Waals surface area contributed by atoms with Crippen molar-refractivity contribution >= 4 is 41.0 Å². The molecule has 25 nitrogen and oxygen atoms in total. The van der Waals surface area contributed by atoms with Crippen molar-refractivity contribution < 1.29 is 93.8 Å². The van der Waals surface area contributed by atoms with Gasteiger partial charge >= 0.3 is 18.5 Å². The number of aryl methyl sites for hydroxylation is 4. The van der Waals surface area contributed by atoms with Crippen LogP contribution in [-0.2, 0) is 48.0 Å². The summed E-state index contributed by atoms with van der Waals surface area (Å²) in [5, 5.41) is 13.2. The van der Waals surface area contributed by atoms with Gasteiger partial charge in [0, 0.05) is 145 Å². The van der Waals surface area contributed by atoms with Gasteiger partial charge in [0.2, 0.25) is 0 Å². The lowest BCUT2D eigenvalue weighted by Crippen LogP contribution is -2.57. The van der Waals surface area contributed by atoms with E-state index in [9.17, 15) is 78.2 Å². The number of hydrogen-bond donors (Lipinski definition) is 2. The summed E-state index contributed by atoms with van der Waals surface area (Å²) in [5.74, 6) is -1.65. The number of aromatic hydroxyl groups is 1. The van der Waals surface area contributed by atoms with E-state index in [0.717, 1.165) is 42.9 Å². The molecular weight excluding hydrogens is 1710 g/mol. The number of aromatic nitrogens is 6. The number of amides is 4. The summed E-state index contributed by atoms with van der Waals surface area (Å²) in [6.45, 7) is 34.6. The van der Waals surface area contributed by atoms with Crippen LogP contribution >= 0.6 is 0 Å². The van der Waals surface area contributed by atoms with Crippen molar-refractivity contribution in [1.82, 2.24) is 67.9 Å². The van der Waals surface area contributed by atoms with E-state index in [4.69, 9.17) is 14.2 Å². The molecule has 8 aliphatic heterocycles. The normalized spacial score (nSPS) is 19.0. The quantitative estimate of drug-likeness (QED) is 0.0804. The maximum atomic E-state index is 13.4. The zero-order valence-corrected chi connectivity index (χ0v) is 77.7. The summed E-state index contributed by atoms with van der Waals surface area (Å²) in [7, 11) is 6.07. The van der Waals surface area contributed by atoms with Crippen molar-refractivity contribution in [3.8, 4) is 23.0 Å². The highest BCUT2D eigenvalue weighted by atomic mass is 19.4. The van der Waals surface area contributed by atoms with E-state index in [2.05, 4.69) is 47.7 Å². The molecule has 0 saturated carbocycles. The fourth-order valence-electron chi connectivity index (χ4n) is 20.1. The van der Waals surface area contributed by atoms with Crippen LogP contribution in [0.25, 0.3) is 0 Å². The Balaban J connectivity index is 0.000000159. The molecule has 16 rings (SSSR count). The molecule has 0 radical (unpaired) electrons. The Morgan fingerprint density at radius 1 is 0.420 bits per heavy atom. The molecule has 0 aliphatic carbocycles. The van der Waals surface area contributed by atoms with Gasteiger partial charge in [0.1, 0.15) is 40.1 Å². The minimum Gasteiger partial charge on any atom is -0.508 e. The lowest BCUT2D eigenvalue weighted by atomic mass is 9.81. The molecule has 2 aromatic carbocycles. The molecule has 34 heteroatoms. The standard InChI is InChI=1S/C28H39N3O3.C24H29F3N4O3.C23H29F3N4O2.C22H24F3N3O3.H2/c1-19(2)34-23-10-8-21(18-20(23)3)26(33)30-14-12-28(13-15-30)24-11-9-22(25(32)27(4,5)6)31(24)17-16-29(28)7;1-14(2)34-19-7-5-17(29-16(19)4)22(33)30-11-9-23(10-12-30)20-8-6-18(21(32)24(25,26)27)31(20)15(3)13-28-23;1-15(2)32-18-6-5-17(27-16(18)3)21(31)29-11-9-22(10-12-29)19-7-8-20(23(24,25)26)30(19)14-13-28(22)4;1-14-13-15(3-5-17(14)29)20(31)27-9-7-21(8-10-27)18-6-4-16(19(30)22(23,24)25)28(18)12-11-26(21)2;/h8-11,18-19H,12-17H2,1-7H3;5-8,14-15,28H,9-13H2,1-4H3;5-8,15H,9-14H2,1-4H3;3-6,13,29H,7-12H2,1-2H3;1H. The van der Waals surface area contributed by atoms with E-state index in [1.165, 1.54) is 43.7 Å². The maximum Gasteiger partial charge on any atom is 0.456 e. The van der Waals surface area contributed by atoms with Gasteiger partial charge in [-0.3, -0.25) is 48.3 Å². The number of phenols is 1. The number of fused-ring (bicyclic) bond motifs is 8. The summed E-state index contributed by atoms with van der Waals surface area (Å²) in [6.07, 6.45) is -9.11. The molecule has 131 heavy (non-hydrogen) atoms. The number of carbonyl (C=O) groups is 7. The first-order chi connectivity index (χ1) is 61.4. The van der Waals surface area contributed by atoms with E-state index >= 15 is 0 Å². The van der Waals surface area contributed by atoms with Gasteiger partial charge in [-0.2, -0.15) is 39.5 Å². The smallest absolute Gasteiger partial charge is 0.456 e. The first-order valence-corrected chi connectivity index (χ1v) is 45.0. The summed E-state index contributed by atoms with van der Waals surface area (Å²) in [5.41, 5.74) is 5.42. The number of likely N-dealkylation sites (tertiary alicyclic amines) is 4. The summed E-state index contributed by atoms with van der Waals surface area (Å²) < 4.78 is 143. The van der Waals surface area contributed by atoms with Gasteiger partial charge < -0.3 is 62.5 Å². The molecule has 8 aliphatic rings. The Morgan fingerprint density at radius 2 is 0.771 bits per heavy atom. The van der Waals surface area contributed by atoms with Gasteiger partial charge in [-0.05, 0) is 269 Å². The van der Waals surface area contributed by atoms with E-state index in [1.807, 2.05) is 119 Å². The fourth-order valence-corrected chi connectivity index (χ4v) is 20.1. The number of likely N-dealkylation sites (N-methyl/N-ethyl adjacent to an activating group) is 3. The maximum absolute atomic E-state index is 13.4. The number of nitrogens with zero attached hydrogens (tertiary/aromatic N) is 13. The van der Waals surface area contributed by atoms with E-state index in [-0.39, 0.29) is 77.9 Å². The molecule has 6 aromatic heterocycles. The molecule has 14 heterocycles. The summed E-state index contributed by atoms with van der Waals surface area (Å²) >= 11 is 0. The summed E-state index contributed by atoms with van der Waals surface area (Å²) in [4.78, 5) is 112. The topological polar surface area (TPSA) is 248 Å². The average molecular weight is 1830 g/mol. The second kappa shape index (κ2) is 37.7. The van der Waals surface area contributed by atoms with Gasteiger partial charge in [0.15, 0.2) is 5.78 Å². The van der Waals surface area contributed by atoms with Crippen molar-refractivity contribution in [1.29, 1.82) is 0 Å². The lowest BCUT2D eigenvalue weighted by Gasteiger charge is -2.50. The van der Waals surface area contributed by atoms with E-state index in [0.29, 0.717) is 192 Å². The number of pyridine rings is 2. The molecule has 2 N–H and O–H groups in total. The molecule has 4 spiro atoms. The van der Waals surface area contributed by atoms with Gasteiger partial charge in [-0.15, -0.1) is 0 Å². The number of rotatable bonds is 13. The first-order valence-electron chi connectivity index (χ1n) is 45.0. The van der Waals surface area contributed by atoms with Gasteiger partial charge in [-0.1, -0.05) is 20.8 Å². The van der Waals surface area contributed by atoms with Crippen LogP contribution in [0, 0.1) is 33.1 Å². The molecule has 1 unspecified atom stereocenters. The average Bonchev–Trinajstić information content (AvgIpc) is 1.56. The largest absolute Gasteiger partial charge is 0.508 e. The number of ether oxygens (including phenoxy) is 3. The third kappa shape index (κ3) is 19.7. The minimum absolute atomic E-state index is 0. The van der Waals surface area contributed by atoms with Crippen molar-refractivity contribution in [2.45, 2.75) is 233 Å². The number of piperidine rings is 4. The van der Waals surface area contributed by atoms with Crippen LogP contribution in [0.3, 0.4) is 0 Å². The monoisotopic (exact) mass is 1830 g/mol. The van der Waals surface area contributed by atoms with Crippen LogP contribution in [-0.4, -0.2) is 239 Å². The van der Waals surface area contributed by atoms with Gasteiger partial charge in [0.05, 0.1) is 68.9 Å². The number of nitrogens with one attached hydrogen (secondary N) is 1. The molecule has 8 aromatic rings. The number of ketones is 3. The number of carbonyl (C=O) groups excluding carboxylic acids is 7. The predicted molar refractivity (Wildman–Crippen MR) is 477 cm³/mol. The van der Waals surface area contributed by atoms with Crippen molar-refractivity contribution in [3.05, 3.63) is 200 Å². The number of phenolic OH excluding ortho intramolecular Hbond substituents is 1. The Kier molecular flexibility index (Phi) is 28.1. The highest BCUT2D eigenvalue weighted by Gasteiger charge is 2.53. The van der Waals surface area contributed by atoms with Crippen LogP contribution in [0.4, 0.5) is 39.5 Å². The van der Waals surface area contributed by atoms with Crippen molar-refractivity contribution in [2.24, 2.45) is 5.41 Å². The van der Waals surface area contributed by atoms with Crippen LogP contribution in [0.1, 0.15) is 252 Å². The molecule has 4 fully saturated rings. The second-order valence-electron chi connectivity index (χ2n) is 37.9. The highest BCUT2D eigenvalue weighted by Crippen LogP contribution is 2.49. The summed E-state index contributed by atoms with van der Waals surface area (Å²) in [6, 6.07) is 29.7. The number of halogens is 9. The van der Waals surface area contributed by atoms with Crippen LogP contribution in [0.15, 0.2) is 109 Å². The first kappa shape index (κ1) is 97.7. The Bertz CT molecular complexity index is 5590. The Morgan fingerprint density at radius 3 is 1.17 bits per heavy atom. The van der Waals surface area contributed by atoms with Crippen molar-refractivity contribution in [3.63, 3.8) is 0 Å². The molecule has 710 valence electrons. The Hall–Kier alpha value is -10.8. The fraction of sp³-hybridized carbons (Fsp3) is 0.536. The molecule has 4 saturated heterocycles. The molecule has 4 amide bonds. The van der Waals surface area contributed by atoms with Crippen molar-refractivity contribution in [2.75, 3.05) is 99.7 Å². The van der Waals surface area contributed by atoms with Gasteiger partial charge in [-0.25, -0.2) is 9.97 Å². The lowest BCUT2D eigenvalue weighted by molar-refractivity contribution is -0.144. The number of alkyl halides is 9. The van der Waals surface area contributed by atoms with Crippen LogP contribution in [0.5, 0.6) is 23.0 Å². The van der Waals surface area contributed by atoms with E-state index in [1.54, 1.807) is 90.1 Å². The second-order valence-corrected chi connectivity index (χ2v) is 37.9. The third-order valence-electron chi connectivity index (χ3n) is 27.3. The van der Waals surface area contributed by atoms with Crippen LogP contribution < -0.4 is 19.5 Å². The third-order valence-corrected chi connectivity index (χ3v) is 27.3. The van der Waals surface area contributed by atoms with E-state index < -0.39 is 57.8 Å². The molecule has 0 bridgehead atoms. The zero-order valence-electron chi connectivity index (χ0n) is 77.7. The minimum atomic E-state index is -4.93. The van der Waals surface area contributed by atoms with Gasteiger partial charge in [0.25, 0.3) is 35.2 Å². The highest BCUT2D eigenvalue weighted by molar-refractivity contribution is 6.01. The number of hydrogen-bond acceptors (Lipinski definition) is 17. The zero-order chi connectivity index (χ0) is 95.5. The molecular formula is C97H123F9N14O11. The van der Waals surface area contributed by atoms with Crippen LogP contribution in [0.2, 0.25) is 0 Å². The SMILES string of the molecule is Cc1cc(C(=O)N2CCC3(CC2)c2ccc(C(=O)C(C)(C)C)n2CCN3C)ccc1OC(C)C.Cc1cc(C(=O)N2CCC3(CC2)c2ccc(C(=O)C(F)(F)F)n2CCN3C)ccc1O.Cc1nc(C(=O)N2CCC3(CC2)NCC(C)n2c(C(=O)C(F)(F)F)ccc23)ccc1OC(C)C.Cc1nc(C(=O)N2CCC3(CC2)c2ccc(C(F)(F)F)n2CCN3C)ccc1OC(C)C.[HH]. The number of benzene rings is 2. The number of Topliss-reactive ketones (excluding diaryl/α,β-unsaturated/α-hetero) is 3. The predicted octanol–water partition coefficient (Wildman–Crippen LogP) is 16.6.